The van der Waals surface area contributed by atoms with E-state index in [1.54, 1.807) is 0 Å². The van der Waals surface area contributed by atoms with Crippen LogP contribution in [0.2, 0.25) is 0 Å². The first-order valence-corrected chi connectivity index (χ1v) is 35.1. The average Bonchev–Trinajstić information content (AvgIpc) is 3.44. The molecule has 456 valence electrons. The van der Waals surface area contributed by atoms with E-state index in [0.717, 1.165) is 64.2 Å². The number of amides is 1. The van der Waals surface area contributed by atoms with Gasteiger partial charge in [0.15, 0.2) is 0 Å². The Kier molecular flexibility index (Phi) is 67.2. The zero-order valence-electron chi connectivity index (χ0n) is 52.7. The molecule has 1 amide bonds. The zero-order valence-corrected chi connectivity index (χ0v) is 52.7. The van der Waals surface area contributed by atoms with E-state index in [-0.39, 0.29) is 12.5 Å². The summed E-state index contributed by atoms with van der Waals surface area (Å²) in [4.78, 5) is 12.6. The van der Waals surface area contributed by atoms with Crippen molar-refractivity contribution in [1.82, 2.24) is 5.32 Å². The van der Waals surface area contributed by atoms with Gasteiger partial charge in [-0.1, -0.05) is 376 Å². The van der Waals surface area contributed by atoms with Crippen molar-refractivity contribution in [3.05, 3.63) is 72.9 Å². The number of hydrogen-bond donors (Lipinski definition) is 3. The predicted octanol–water partition coefficient (Wildman–Crippen LogP) is 24.0. The Balaban J connectivity index is 3.42. The molecular weight excluding hydrogens is 951 g/mol. The number of carbonyl (C=O) groups is 1. The molecule has 3 N–H and O–H groups in total. The minimum Gasteiger partial charge on any atom is -0.394 e. The summed E-state index contributed by atoms with van der Waals surface area (Å²) in [6, 6.07) is -0.540. The van der Waals surface area contributed by atoms with Crippen molar-refractivity contribution in [2.75, 3.05) is 6.61 Å². The Morgan fingerprint density at radius 1 is 0.321 bits per heavy atom. The maximum atomic E-state index is 12.6. The van der Waals surface area contributed by atoms with Gasteiger partial charge < -0.3 is 15.5 Å². The summed E-state index contributed by atoms with van der Waals surface area (Å²) in [5.41, 5.74) is 0. The van der Waals surface area contributed by atoms with Crippen LogP contribution in [0.1, 0.15) is 373 Å². The van der Waals surface area contributed by atoms with Crippen molar-refractivity contribution < 1.29 is 15.0 Å². The topological polar surface area (TPSA) is 69.6 Å². The van der Waals surface area contributed by atoms with Gasteiger partial charge in [-0.05, 0) is 64.2 Å². The summed E-state index contributed by atoms with van der Waals surface area (Å²) in [7, 11) is 0. The minimum absolute atomic E-state index is 0.0258. The van der Waals surface area contributed by atoms with Crippen molar-refractivity contribution in [3.63, 3.8) is 0 Å². The summed E-state index contributed by atoms with van der Waals surface area (Å²) in [5, 5.41) is 23.5. The molecule has 0 aliphatic rings. The van der Waals surface area contributed by atoms with Crippen molar-refractivity contribution >= 4 is 5.91 Å². The molecule has 2 atom stereocenters. The molecule has 0 spiro atoms. The standard InChI is InChI=1S/C74H137NO3/c1-3-5-7-9-11-13-15-17-19-21-23-25-27-29-31-33-34-35-36-37-38-39-40-42-44-46-48-50-52-54-56-58-60-62-64-66-68-70-74(78)75-72(71-76)73(77)69-67-65-63-61-59-57-55-53-51-49-47-45-43-41-32-30-28-26-24-22-20-18-16-14-12-10-8-6-4-2/h5,7,11,13,17,19,23,25,29,31,34-35,72-73,76-77H,3-4,6,8-10,12,14-16,18,20-22,24,26-28,30,32-33,36-71H2,1-2H3,(H,75,78)/b7-5-,13-11-,19-17-,25-23-,31-29-,35-34-. The molecule has 0 aliphatic carbocycles. The molecule has 2 unspecified atom stereocenters. The summed E-state index contributed by atoms with van der Waals surface area (Å²) in [6.07, 6.45) is 99.6. The monoisotopic (exact) mass is 1090 g/mol. The lowest BCUT2D eigenvalue weighted by Gasteiger charge is -2.22. The van der Waals surface area contributed by atoms with Crippen LogP contribution in [0.15, 0.2) is 72.9 Å². The average molecular weight is 1090 g/mol. The van der Waals surface area contributed by atoms with Gasteiger partial charge >= 0.3 is 0 Å². The van der Waals surface area contributed by atoms with E-state index in [0.29, 0.717) is 12.8 Å². The van der Waals surface area contributed by atoms with Crippen LogP contribution >= 0.6 is 0 Å². The SMILES string of the molecule is CC/C=C\C/C=C\C/C=C\C/C=C\C/C=C\C/C=C\CCCCCCCCCCCCCCCCCCCCC(=O)NC(CO)C(O)CCCCCCCCCCCCCCCCCCCCCCCCCCCCCCC. The fourth-order valence-corrected chi connectivity index (χ4v) is 11.0. The van der Waals surface area contributed by atoms with E-state index in [9.17, 15) is 15.0 Å². The number of allylic oxidation sites excluding steroid dienone is 12. The molecule has 0 aromatic heterocycles. The Morgan fingerprint density at radius 2 is 0.564 bits per heavy atom. The van der Waals surface area contributed by atoms with Gasteiger partial charge in [0.05, 0.1) is 18.8 Å². The van der Waals surface area contributed by atoms with Crippen LogP contribution in [0.4, 0.5) is 0 Å². The van der Waals surface area contributed by atoms with Gasteiger partial charge in [-0.15, -0.1) is 0 Å². The van der Waals surface area contributed by atoms with Crippen molar-refractivity contribution in [2.45, 2.75) is 386 Å². The molecule has 0 heterocycles. The third-order valence-corrected chi connectivity index (χ3v) is 16.2. The van der Waals surface area contributed by atoms with E-state index in [1.807, 2.05) is 0 Å². The lowest BCUT2D eigenvalue weighted by Crippen LogP contribution is -2.45. The van der Waals surface area contributed by atoms with Crippen molar-refractivity contribution in [2.24, 2.45) is 0 Å². The molecule has 4 heteroatoms. The molecule has 0 saturated heterocycles. The van der Waals surface area contributed by atoms with Gasteiger partial charge in [-0.2, -0.15) is 0 Å². The Bertz CT molecular complexity index is 1330. The third-order valence-electron chi connectivity index (χ3n) is 16.2. The number of rotatable bonds is 65. The second kappa shape index (κ2) is 69.1. The van der Waals surface area contributed by atoms with Gasteiger partial charge in [0.1, 0.15) is 0 Å². The van der Waals surface area contributed by atoms with Gasteiger partial charge in [0.25, 0.3) is 0 Å². The molecule has 0 fully saturated rings. The first-order valence-electron chi connectivity index (χ1n) is 35.1. The smallest absolute Gasteiger partial charge is 0.220 e. The van der Waals surface area contributed by atoms with Crippen LogP contribution in [0.5, 0.6) is 0 Å². The number of nitrogens with one attached hydrogen (secondary N) is 1. The summed E-state index contributed by atoms with van der Waals surface area (Å²) in [6.45, 7) is 4.28. The number of aliphatic hydroxyl groups excluding tert-OH is 2. The highest BCUT2D eigenvalue weighted by Crippen LogP contribution is 2.19. The maximum Gasteiger partial charge on any atom is 0.220 e. The highest BCUT2D eigenvalue weighted by Gasteiger charge is 2.20. The Morgan fingerprint density at radius 3 is 0.846 bits per heavy atom. The zero-order chi connectivity index (χ0) is 56.2. The van der Waals surface area contributed by atoms with E-state index in [2.05, 4.69) is 92.1 Å². The lowest BCUT2D eigenvalue weighted by molar-refractivity contribution is -0.123. The molecule has 0 bridgehead atoms. The van der Waals surface area contributed by atoms with E-state index in [1.165, 1.54) is 283 Å². The second-order valence-corrected chi connectivity index (χ2v) is 23.9. The largest absolute Gasteiger partial charge is 0.394 e. The second-order valence-electron chi connectivity index (χ2n) is 23.9. The van der Waals surface area contributed by atoms with E-state index >= 15 is 0 Å². The van der Waals surface area contributed by atoms with Crippen molar-refractivity contribution in [1.29, 1.82) is 0 Å². The normalized spacial score (nSPS) is 13.1. The van der Waals surface area contributed by atoms with Crippen LogP contribution in [-0.4, -0.2) is 34.9 Å². The van der Waals surface area contributed by atoms with Gasteiger partial charge in [-0.25, -0.2) is 0 Å². The summed E-state index contributed by atoms with van der Waals surface area (Å²) >= 11 is 0. The van der Waals surface area contributed by atoms with Crippen molar-refractivity contribution in [3.8, 4) is 0 Å². The van der Waals surface area contributed by atoms with Crippen LogP contribution in [-0.2, 0) is 4.79 Å². The van der Waals surface area contributed by atoms with Crippen LogP contribution < -0.4 is 5.32 Å². The molecule has 0 rings (SSSR count). The highest BCUT2D eigenvalue weighted by molar-refractivity contribution is 5.76. The van der Waals surface area contributed by atoms with Gasteiger partial charge in [0.2, 0.25) is 5.91 Å². The molecule has 0 aromatic carbocycles. The van der Waals surface area contributed by atoms with Crippen LogP contribution in [0, 0.1) is 0 Å². The van der Waals surface area contributed by atoms with E-state index < -0.39 is 12.1 Å². The van der Waals surface area contributed by atoms with Gasteiger partial charge in [-0.3, -0.25) is 4.79 Å². The molecule has 0 aliphatic heterocycles. The van der Waals surface area contributed by atoms with Crippen LogP contribution in [0.25, 0.3) is 0 Å². The molecule has 0 radical (unpaired) electrons. The first kappa shape index (κ1) is 75.8. The highest BCUT2D eigenvalue weighted by atomic mass is 16.3. The molecular formula is C74H137NO3. The fraction of sp³-hybridized carbons (Fsp3) is 0.824. The molecule has 78 heavy (non-hydrogen) atoms. The van der Waals surface area contributed by atoms with Gasteiger partial charge in [0, 0.05) is 6.42 Å². The molecule has 4 nitrogen and oxygen atoms in total. The Hall–Kier alpha value is -2.17. The quantitative estimate of drug-likeness (QED) is 0.0420. The minimum atomic E-state index is -0.663. The predicted molar refractivity (Wildman–Crippen MR) is 350 cm³/mol. The first-order chi connectivity index (χ1) is 38.7. The summed E-state index contributed by atoms with van der Waals surface area (Å²) in [5.74, 6) is -0.0258. The molecule has 0 aromatic rings. The number of aliphatic hydroxyl groups is 2. The lowest BCUT2D eigenvalue weighted by atomic mass is 10.0. The molecule has 0 saturated carbocycles. The number of unbranched alkanes of at least 4 members (excludes halogenated alkanes) is 46. The maximum absolute atomic E-state index is 12.6. The number of carbonyl (C=O) groups excluding carboxylic acids is 1. The van der Waals surface area contributed by atoms with E-state index in [4.69, 9.17) is 0 Å². The fourth-order valence-electron chi connectivity index (χ4n) is 11.0. The summed E-state index contributed by atoms with van der Waals surface area (Å²) < 4.78 is 0. The Labute approximate surface area is 489 Å². The van der Waals surface area contributed by atoms with Crippen LogP contribution in [0.3, 0.4) is 0 Å². The third kappa shape index (κ3) is 64.6. The number of hydrogen-bond acceptors (Lipinski definition) is 3.